The number of nitrogens with zero attached hydrogens (tertiary/aromatic N) is 5. The Bertz CT molecular complexity index is 1290. The Morgan fingerprint density at radius 1 is 1.38 bits per heavy atom. The first-order valence-electron chi connectivity index (χ1n) is 10.8. The number of aromatic amines is 1. The van der Waals surface area contributed by atoms with Gasteiger partial charge >= 0.3 is 0 Å². The summed E-state index contributed by atoms with van der Waals surface area (Å²) in [5.74, 6) is 0.0941. The van der Waals surface area contributed by atoms with E-state index >= 15 is 0 Å². The summed E-state index contributed by atoms with van der Waals surface area (Å²) in [4.78, 5) is 35.8. The number of pyridine rings is 1. The number of benzene rings is 1. The number of aliphatic imine (C=N–C) groups is 1. The molecule has 3 aromatic rings. The van der Waals surface area contributed by atoms with Crippen LogP contribution in [-0.4, -0.2) is 71.3 Å². The van der Waals surface area contributed by atoms with Gasteiger partial charge < -0.3 is 10.1 Å². The molecule has 1 amide bonds. The molecule has 1 aliphatic rings. The van der Waals surface area contributed by atoms with E-state index in [0.29, 0.717) is 48.9 Å². The summed E-state index contributed by atoms with van der Waals surface area (Å²) in [7, 11) is 0. The highest BCUT2D eigenvalue weighted by atomic mass is 16.5. The molecule has 1 fully saturated rings. The van der Waals surface area contributed by atoms with Crippen molar-refractivity contribution in [3.8, 4) is 23.0 Å². The van der Waals surface area contributed by atoms with Crippen LogP contribution in [0.1, 0.15) is 21.5 Å². The zero-order chi connectivity index (χ0) is 24.1. The second kappa shape index (κ2) is 10.2. The first kappa shape index (κ1) is 23.1. The summed E-state index contributed by atoms with van der Waals surface area (Å²) in [6.45, 7) is 8.33. The average molecular weight is 460 g/mol. The fraction of sp³-hybridized carbons (Fsp3) is 0.292. The predicted molar refractivity (Wildman–Crippen MR) is 127 cm³/mol. The molecule has 2 aromatic heterocycles. The van der Waals surface area contributed by atoms with E-state index < -0.39 is 0 Å². The number of hydrogen-bond acceptors (Lipinski definition) is 7. The van der Waals surface area contributed by atoms with Gasteiger partial charge in [0, 0.05) is 32.0 Å². The fourth-order valence-electron chi connectivity index (χ4n) is 3.90. The molecule has 1 saturated heterocycles. The van der Waals surface area contributed by atoms with Gasteiger partial charge in [0.25, 0.3) is 11.5 Å². The lowest BCUT2D eigenvalue weighted by Crippen LogP contribution is -2.47. The molecular weight excluding hydrogens is 434 g/mol. The van der Waals surface area contributed by atoms with Crippen molar-refractivity contribution in [3.63, 3.8) is 0 Å². The molecule has 0 spiro atoms. The molecule has 1 atom stereocenters. The third-order valence-electron chi connectivity index (χ3n) is 5.67. The van der Waals surface area contributed by atoms with Crippen LogP contribution in [0, 0.1) is 18.3 Å². The molecule has 174 valence electrons. The minimum absolute atomic E-state index is 0.117. The zero-order valence-electron chi connectivity index (χ0n) is 18.8. The van der Waals surface area contributed by atoms with Crippen LogP contribution in [-0.2, 0) is 4.74 Å². The molecule has 2 N–H and O–H groups in total. The number of morpholine rings is 1. The molecule has 1 aromatic carbocycles. The molecule has 1 aliphatic heterocycles. The Labute approximate surface area is 196 Å². The van der Waals surface area contributed by atoms with Gasteiger partial charge in [-0.2, -0.15) is 5.26 Å². The van der Waals surface area contributed by atoms with Crippen molar-refractivity contribution in [2.45, 2.75) is 13.0 Å². The third-order valence-corrected chi connectivity index (χ3v) is 5.67. The largest absolute Gasteiger partial charge is 0.374 e. The summed E-state index contributed by atoms with van der Waals surface area (Å²) in [5.41, 5.74) is 2.68. The van der Waals surface area contributed by atoms with Crippen LogP contribution in [0.2, 0.25) is 0 Å². The molecule has 10 heteroatoms. The van der Waals surface area contributed by atoms with Gasteiger partial charge in [0.2, 0.25) is 0 Å². The van der Waals surface area contributed by atoms with E-state index in [4.69, 9.17) is 10.00 Å². The summed E-state index contributed by atoms with van der Waals surface area (Å²) in [6, 6.07) is 10.5. The SMILES string of the molecule is C=NCN1CCOC(CNC(=O)c2ccc(-n3[nH]cc(-c4ccc(C#N)cc4C)c3=O)nc2)C1. The number of amides is 1. The summed E-state index contributed by atoms with van der Waals surface area (Å²) >= 11 is 0. The number of aryl methyl sites for hydroxylation is 1. The highest BCUT2D eigenvalue weighted by molar-refractivity contribution is 5.93. The first-order valence-corrected chi connectivity index (χ1v) is 10.8. The Hall–Kier alpha value is -4.07. The number of aromatic nitrogens is 3. The Morgan fingerprint density at radius 2 is 2.24 bits per heavy atom. The molecule has 0 aliphatic carbocycles. The summed E-state index contributed by atoms with van der Waals surface area (Å²) in [6.07, 6.45) is 2.92. The Kier molecular flexibility index (Phi) is 6.96. The number of H-pyrrole nitrogens is 1. The van der Waals surface area contributed by atoms with Gasteiger partial charge in [0.15, 0.2) is 5.82 Å². The van der Waals surface area contributed by atoms with Gasteiger partial charge in [0.05, 0.1) is 42.1 Å². The minimum Gasteiger partial charge on any atom is -0.374 e. The highest BCUT2D eigenvalue weighted by Crippen LogP contribution is 2.21. The van der Waals surface area contributed by atoms with Crippen molar-refractivity contribution in [3.05, 3.63) is 69.8 Å². The van der Waals surface area contributed by atoms with E-state index in [-0.39, 0.29) is 17.6 Å². The van der Waals surface area contributed by atoms with Gasteiger partial charge in [-0.3, -0.25) is 24.6 Å². The molecule has 34 heavy (non-hydrogen) atoms. The van der Waals surface area contributed by atoms with Crippen LogP contribution in [0.5, 0.6) is 0 Å². The van der Waals surface area contributed by atoms with Crippen molar-refractivity contribution in [2.75, 3.05) is 32.9 Å². The number of ether oxygens (including phenoxy) is 1. The average Bonchev–Trinajstić information content (AvgIpc) is 3.24. The summed E-state index contributed by atoms with van der Waals surface area (Å²) in [5, 5.41) is 14.8. The lowest BCUT2D eigenvalue weighted by Gasteiger charge is -2.31. The van der Waals surface area contributed by atoms with E-state index in [1.54, 1.807) is 36.5 Å². The van der Waals surface area contributed by atoms with E-state index in [1.807, 2.05) is 6.92 Å². The first-order chi connectivity index (χ1) is 16.5. The van der Waals surface area contributed by atoms with Crippen LogP contribution in [0.3, 0.4) is 0 Å². The van der Waals surface area contributed by atoms with Crippen molar-refractivity contribution in [1.29, 1.82) is 5.26 Å². The maximum Gasteiger partial charge on any atom is 0.280 e. The zero-order valence-corrected chi connectivity index (χ0v) is 18.8. The number of carbonyl (C=O) groups is 1. The lowest BCUT2D eigenvalue weighted by atomic mass is 10.0. The molecule has 1 unspecified atom stereocenters. The molecule has 3 heterocycles. The monoisotopic (exact) mass is 459 g/mol. The van der Waals surface area contributed by atoms with E-state index in [9.17, 15) is 9.59 Å². The lowest BCUT2D eigenvalue weighted by molar-refractivity contribution is -0.0252. The third kappa shape index (κ3) is 4.96. The normalized spacial score (nSPS) is 16.1. The number of nitriles is 1. The van der Waals surface area contributed by atoms with Gasteiger partial charge in [-0.15, -0.1) is 0 Å². The number of hydrogen-bond donors (Lipinski definition) is 2. The smallest absolute Gasteiger partial charge is 0.280 e. The molecule has 10 nitrogen and oxygen atoms in total. The maximum absolute atomic E-state index is 13.0. The van der Waals surface area contributed by atoms with Gasteiger partial charge in [0.1, 0.15) is 0 Å². The van der Waals surface area contributed by atoms with Gasteiger partial charge in [-0.25, -0.2) is 9.67 Å². The molecule has 0 saturated carbocycles. The Balaban J connectivity index is 1.43. The fourth-order valence-corrected chi connectivity index (χ4v) is 3.90. The van der Waals surface area contributed by atoms with Gasteiger partial charge in [-0.1, -0.05) is 6.07 Å². The van der Waals surface area contributed by atoms with Crippen LogP contribution in [0.15, 0.2) is 52.5 Å². The van der Waals surface area contributed by atoms with Crippen LogP contribution in [0.4, 0.5) is 0 Å². The number of nitrogens with one attached hydrogen (secondary N) is 2. The van der Waals surface area contributed by atoms with Crippen LogP contribution in [0.25, 0.3) is 16.9 Å². The van der Waals surface area contributed by atoms with Crippen molar-refractivity contribution >= 4 is 12.6 Å². The molecule has 0 bridgehead atoms. The second-order valence-electron chi connectivity index (χ2n) is 8.02. The number of carbonyl (C=O) groups excluding carboxylic acids is 1. The maximum atomic E-state index is 13.0. The minimum atomic E-state index is -0.273. The van der Waals surface area contributed by atoms with Crippen molar-refractivity contribution in [2.24, 2.45) is 4.99 Å². The Morgan fingerprint density at radius 3 is 2.94 bits per heavy atom. The predicted octanol–water partition coefficient (Wildman–Crippen LogP) is 1.50. The molecule has 0 radical (unpaired) electrons. The van der Waals surface area contributed by atoms with Gasteiger partial charge in [-0.05, 0) is 49.0 Å². The second-order valence-corrected chi connectivity index (χ2v) is 8.02. The standard InChI is InChI=1S/C24H25N7O3/c1-16-9-17(10-25)3-5-20(16)21-13-29-31(24(21)33)22-6-4-18(11-27-22)23(32)28-12-19-14-30(15-26-2)7-8-34-19/h3-6,9,11,13,19,29H,2,7-8,12,14-15H2,1H3,(H,28,32). The van der Waals surface area contributed by atoms with E-state index in [1.165, 1.54) is 10.9 Å². The molecular formula is C24H25N7O3. The quantitative estimate of drug-likeness (QED) is 0.515. The highest BCUT2D eigenvalue weighted by Gasteiger charge is 2.21. The van der Waals surface area contributed by atoms with Crippen LogP contribution < -0.4 is 10.9 Å². The van der Waals surface area contributed by atoms with Crippen LogP contribution >= 0.6 is 0 Å². The van der Waals surface area contributed by atoms with E-state index in [0.717, 1.165) is 17.7 Å². The topological polar surface area (TPSA) is 128 Å². The number of rotatable bonds is 7. The van der Waals surface area contributed by atoms with E-state index in [2.05, 4.69) is 38.1 Å². The molecule has 4 rings (SSSR count). The van der Waals surface area contributed by atoms with Crippen molar-refractivity contribution < 1.29 is 9.53 Å². The van der Waals surface area contributed by atoms with Crippen molar-refractivity contribution in [1.82, 2.24) is 25.0 Å². The summed E-state index contributed by atoms with van der Waals surface area (Å²) < 4.78 is 7.01.